The second-order valence-corrected chi connectivity index (χ2v) is 5.63. The summed E-state index contributed by atoms with van der Waals surface area (Å²) in [6.07, 6.45) is -1.40. The van der Waals surface area contributed by atoms with Gasteiger partial charge in [0.1, 0.15) is 0 Å². The van der Waals surface area contributed by atoms with E-state index in [9.17, 15) is 18.0 Å². The smallest absolute Gasteiger partial charge is 0.416 e. The van der Waals surface area contributed by atoms with Gasteiger partial charge < -0.3 is 5.11 Å². The van der Waals surface area contributed by atoms with Gasteiger partial charge in [-0.25, -0.2) is 0 Å². The predicted octanol–water partition coefficient (Wildman–Crippen LogP) is 4.10. The summed E-state index contributed by atoms with van der Waals surface area (Å²) in [5.41, 5.74) is -0.219. The summed E-state index contributed by atoms with van der Waals surface area (Å²) < 4.78 is 39.4. The van der Waals surface area contributed by atoms with Crippen LogP contribution in [-0.4, -0.2) is 29.1 Å². The van der Waals surface area contributed by atoms with E-state index in [4.69, 9.17) is 5.11 Å². The molecule has 2 rings (SSSR count). The Labute approximate surface area is 127 Å². The van der Waals surface area contributed by atoms with Gasteiger partial charge in [-0.2, -0.15) is 13.2 Å². The zero-order valence-corrected chi connectivity index (χ0v) is 12.3. The number of alkyl halides is 3. The molecule has 0 amide bonds. The molecule has 1 aromatic carbocycles. The van der Waals surface area contributed by atoms with Crippen LogP contribution in [-0.2, 0) is 11.0 Å². The third kappa shape index (κ3) is 4.22. The Morgan fingerprint density at radius 2 is 2.00 bits per heavy atom. The lowest BCUT2D eigenvalue weighted by molar-refractivity contribution is -0.139. The van der Waals surface area contributed by atoms with Crippen LogP contribution in [0.15, 0.2) is 24.3 Å². The molecular weight excluding hydrogens is 295 g/mol. The van der Waals surface area contributed by atoms with E-state index in [2.05, 4.69) is 0 Å². The number of hydrogen-bond donors (Lipinski definition) is 1. The Morgan fingerprint density at radius 1 is 1.27 bits per heavy atom. The molecule has 0 radical (unpaired) electrons. The van der Waals surface area contributed by atoms with Crippen LogP contribution in [0.25, 0.3) is 0 Å². The number of likely N-dealkylation sites (tertiary alicyclic amines) is 1. The van der Waals surface area contributed by atoms with E-state index in [-0.39, 0.29) is 12.5 Å². The van der Waals surface area contributed by atoms with Crippen LogP contribution >= 0.6 is 0 Å². The first-order chi connectivity index (χ1) is 10.4. The van der Waals surface area contributed by atoms with Crippen LogP contribution in [0, 0.1) is 0 Å². The normalized spacial score (nSPS) is 19.5. The number of rotatable bonds is 6. The molecule has 3 nitrogen and oxygen atoms in total. The number of aliphatic carboxylic acids is 1. The minimum absolute atomic E-state index is 0.109. The van der Waals surface area contributed by atoms with Crippen molar-refractivity contribution in [2.75, 3.05) is 13.1 Å². The Hall–Kier alpha value is -1.56. The van der Waals surface area contributed by atoms with Gasteiger partial charge in [-0.05, 0) is 50.4 Å². The fourth-order valence-electron chi connectivity index (χ4n) is 3.08. The molecule has 1 saturated heterocycles. The number of carboxylic acids is 1. The van der Waals surface area contributed by atoms with Crippen LogP contribution in [0.2, 0.25) is 0 Å². The number of carboxylic acid groups (broad SMARTS) is 1. The fraction of sp³-hybridized carbons (Fsp3) is 0.562. The highest BCUT2D eigenvalue weighted by atomic mass is 19.4. The highest BCUT2D eigenvalue weighted by molar-refractivity contribution is 5.66. The first-order valence-corrected chi connectivity index (χ1v) is 7.51. The lowest BCUT2D eigenvalue weighted by Gasteiger charge is -2.27. The maximum Gasteiger partial charge on any atom is 0.416 e. The Morgan fingerprint density at radius 3 is 2.68 bits per heavy atom. The van der Waals surface area contributed by atoms with Crippen LogP contribution in [0.4, 0.5) is 13.2 Å². The lowest BCUT2D eigenvalue weighted by atomic mass is 9.98. The molecule has 1 N–H and O–H groups in total. The summed E-state index contributed by atoms with van der Waals surface area (Å²) in [6.45, 7) is 1.41. The molecule has 0 bridgehead atoms. The molecule has 1 fully saturated rings. The number of benzene rings is 1. The molecule has 1 aromatic rings. The third-order valence-corrected chi connectivity index (χ3v) is 4.07. The molecule has 6 heteroatoms. The molecular formula is C16H20F3NO2. The van der Waals surface area contributed by atoms with Gasteiger partial charge in [0.2, 0.25) is 0 Å². The zero-order valence-electron chi connectivity index (χ0n) is 12.3. The van der Waals surface area contributed by atoms with Gasteiger partial charge >= 0.3 is 12.1 Å². The van der Waals surface area contributed by atoms with Gasteiger partial charge in [0.05, 0.1) is 5.56 Å². The van der Waals surface area contributed by atoms with Crippen molar-refractivity contribution in [1.29, 1.82) is 0 Å². The molecule has 0 spiro atoms. The van der Waals surface area contributed by atoms with E-state index < -0.39 is 17.7 Å². The first-order valence-electron chi connectivity index (χ1n) is 7.51. The van der Waals surface area contributed by atoms with Crippen LogP contribution in [0.5, 0.6) is 0 Å². The Bertz CT molecular complexity index is 516. The van der Waals surface area contributed by atoms with Gasteiger partial charge in [-0.15, -0.1) is 0 Å². The number of unbranched alkanes of at least 4 members (excludes halogenated alkanes) is 1. The average molecular weight is 315 g/mol. The molecule has 1 aliphatic rings. The number of carbonyl (C=O) groups is 1. The number of halogens is 3. The van der Waals surface area contributed by atoms with Crippen molar-refractivity contribution >= 4 is 5.97 Å². The molecule has 1 heterocycles. The lowest BCUT2D eigenvalue weighted by Crippen LogP contribution is -2.26. The summed E-state index contributed by atoms with van der Waals surface area (Å²) in [6, 6.07) is 5.53. The standard InChI is InChI=1S/C16H20F3NO2/c17-16(18,19)13-7-2-1-6-12(13)14-8-5-11-20(14)10-4-3-9-15(21)22/h1-2,6-7,14H,3-5,8-11H2,(H,21,22). The molecule has 0 saturated carbocycles. The van der Waals surface area contributed by atoms with Gasteiger partial charge in [0.15, 0.2) is 0 Å². The van der Waals surface area contributed by atoms with E-state index in [1.165, 1.54) is 6.07 Å². The van der Waals surface area contributed by atoms with E-state index in [0.717, 1.165) is 19.0 Å². The number of hydrogen-bond acceptors (Lipinski definition) is 2. The highest BCUT2D eigenvalue weighted by Crippen LogP contribution is 2.40. The van der Waals surface area contributed by atoms with Crippen molar-refractivity contribution in [1.82, 2.24) is 4.90 Å². The average Bonchev–Trinajstić information content (AvgIpc) is 2.91. The third-order valence-electron chi connectivity index (χ3n) is 4.07. The minimum atomic E-state index is -4.34. The van der Waals surface area contributed by atoms with Gasteiger partial charge in [-0.3, -0.25) is 9.69 Å². The summed E-state index contributed by atoms with van der Waals surface area (Å²) in [4.78, 5) is 12.5. The van der Waals surface area contributed by atoms with Crippen LogP contribution in [0.1, 0.15) is 49.3 Å². The van der Waals surface area contributed by atoms with Crippen LogP contribution in [0.3, 0.4) is 0 Å². The van der Waals surface area contributed by atoms with Crippen LogP contribution < -0.4 is 0 Å². The van der Waals surface area contributed by atoms with E-state index >= 15 is 0 Å². The zero-order chi connectivity index (χ0) is 16.2. The van der Waals surface area contributed by atoms with Gasteiger partial charge in [-0.1, -0.05) is 18.2 Å². The van der Waals surface area contributed by atoms with E-state index in [0.29, 0.717) is 31.4 Å². The summed E-state index contributed by atoms with van der Waals surface area (Å²) >= 11 is 0. The second-order valence-electron chi connectivity index (χ2n) is 5.63. The first kappa shape index (κ1) is 16.8. The van der Waals surface area contributed by atoms with Crippen molar-refractivity contribution in [3.63, 3.8) is 0 Å². The van der Waals surface area contributed by atoms with E-state index in [1.807, 2.05) is 4.90 Å². The SMILES string of the molecule is O=C(O)CCCCN1CCCC1c1ccccc1C(F)(F)F. The second kappa shape index (κ2) is 7.13. The number of nitrogens with zero attached hydrogens (tertiary/aromatic N) is 1. The molecule has 22 heavy (non-hydrogen) atoms. The van der Waals surface area contributed by atoms with Crippen molar-refractivity contribution in [3.05, 3.63) is 35.4 Å². The van der Waals surface area contributed by atoms with Crippen molar-refractivity contribution in [3.8, 4) is 0 Å². The Balaban J connectivity index is 2.06. The Kier molecular flexibility index (Phi) is 5.45. The maximum absolute atomic E-state index is 13.1. The maximum atomic E-state index is 13.1. The van der Waals surface area contributed by atoms with Gasteiger partial charge in [0.25, 0.3) is 0 Å². The topological polar surface area (TPSA) is 40.5 Å². The molecule has 1 atom stereocenters. The minimum Gasteiger partial charge on any atom is -0.481 e. The molecule has 1 aliphatic heterocycles. The molecule has 0 aliphatic carbocycles. The summed E-state index contributed by atoms with van der Waals surface area (Å²) in [5.74, 6) is -0.833. The fourth-order valence-corrected chi connectivity index (χ4v) is 3.08. The molecule has 122 valence electrons. The van der Waals surface area contributed by atoms with Gasteiger partial charge in [0, 0.05) is 12.5 Å². The van der Waals surface area contributed by atoms with Crippen molar-refractivity contribution in [2.24, 2.45) is 0 Å². The quantitative estimate of drug-likeness (QED) is 0.804. The van der Waals surface area contributed by atoms with Crippen molar-refractivity contribution < 1.29 is 23.1 Å². The summed E-state index contributed by atoms with van der Waals surface area (Å²) in [7, 11) is 0. The molecule has 0 aromatic heterocycles. The van der Waals surface area contributed by atoms with E-state index in [1.54, 1.807) is 12.1 Å². The summed E-state index contributed by atoms with van der Waals surface area (Å²) in [5, 5.41) is 8.62. The molecule has 1 unspecified atom stereocenters. The largest absolute Gasteiger partial charge is 0.481 e. The predicted molar refractivity (Wildman–Crippen MR) is 76.5 cm³/mol. The monoisotopic (exact) mass is 315 g/mol. The highest BCUT2D eigenvalue weighted by Gasteiger charge is 2.37. The van der Waals surface area contributed by atoms with Crippen molar-refractivity contribution in [2.45, 2.75) is 44.3 Å².